The number of furan rings is 1. The summed E-state index contributed by atoms with van der Waals surface area (Å²) in [6.45, 7) is 0. The molecule has 0 aliphatic carbocycles. The molecule has 0 aliphatic heterocycles. The number of hydrogen-bond acceptors (Lipinski definition) is 5. The molecule has 3 heterocycles. The van der Waals surface area contributed by atoms with Gasteiger partial charge < -0.3 is 4.42 Å². The van der Waals surface area contributed by atoms with Gasteiger partial charge in [-0.1, -0.05) is 84.4 Å². The van der Waals surface area contributed by atoms with Crippen LogP contribution >= 0.6 is 11.6 Å². The van der Waals surface area contributed by atoms with Crippen LogP contribution < -0.4 is 0 Å². The van der Waals surface area contributed by atoms with Gasteiger partial charge in [0.25, 0.3) is 0 Å². The van der Waals surface area contributed by atoms with Crippen LogP contribution in [0.4, 0.5) is 0 Å². The second-order valence-electron chi connectivity index (χ2n) is 9.71. The van der Waals surface area contributed by atoms with E-state index in [2.05, 4.69) is 41.4 Å². The molecule has 0 atom stereocenters. The summed E-state index contributed by atoms with van der Waals surface area (Å²) >= 11 is 6.64. The molecule has 0 radical (unpaired) electrons. The molecule has 0 spiro atoms. The van der Waals surface area contributed by atoms with E-state index in [0.29, 0.717) is 28.1 Å². The van der Waals surface area contributed by atoms with Crippen LogP contribution in [0.15, 0.2) is 120 Å². The van der Waals surface area contributed by atoms with E-state index in [4.69, 9.17) is 31.0 Å². The molecule has 0 fully saturated rings. The molecule has 0 saturated heterocycles. The molecular formula is C34H19ClN4O. The zero-order valence-electron chi connectivity index (χ0n) is 21.0. The molecule has 0 N–H and O–H groups in total. The Hall–Kier alpha value is -5.13. The Morgan fingerprint density at radius 3 is 2.17 bits per heavy atom. The molecule has 0 aliphatic rings. The fourth-order valence-corrected chi connectivity index (χ4v) is 5.49. The van der Waals surface area contributed by atoms with Gasteiger partial charge in [-0.25, -0.2) is 15.0 Å². The molecule has 5 nitrogen and oxygen atoms in total. The minimum absolute atomic E-state index is 0.522. The van der Waals surface area contributed by atoms with E-state index < -0.39 is 0 Å². The third kappa shape index (κ3) is 3.79. The van der Waals surface area contributed by atoms with Crippen molar-refractivity contribution in [3.63, 3.8) is 0 Å². The Kier molecular flexibility index (Phi) is 5.12. The summed E-state index contributed by atoms with van der Waals surface area (Å²) in [4.78, 5) is 19.4. The summed E-state index contributed by atoms with van der Waals surface area (Å²) in [5.74, 6) is 1.69. The Balaban J connectivity index is 1.43. The van der Waals surface area contributed by atoms with Gasteiger partial charge in [0.1, 0.15) is 11.2 Å². The van der Waals surface area contributed by atoms with Crippen LogP contribution in [-0.2, 0) is 0 Å². The predicted molar refractivity (Wildman–Crippen MR) is 161 cm³/mol. The maximum absolute atomic E-state index is 6.64. The normalized spacial score (nSPS) is 11.6. The van der Waals surface area contributed by atoms with Crippen LogP contribution in [0.25, 0.3) is 77.8 Å². The molecule has 8 rings (SSSR count). The van der Waals surface area contributed by atoms with Crippen LogP contribution in [0.5, 0.6) is 0 Å². The van der Waals surface area contributed by atoms with E-state index in [9.17, 15) is 0 Å². The highest BCUT2D eigenvalue weighted by Crippen LogP contribution is 2.40. The maximum atomic E-state index is 6.64. The molecule has 3 aromatic heterocycles. The van der Waals surface area contributed by atoms with Gasteiger partial charge in [-0.15, -0.1) is 0 Å². The van der Waals surface area contributed by atoms with Crippen molar-refractivity contribution in [2.75, 3.05) is 0 Å². The lowest BCUT2D eigenvalue weighted by molar-refractivity contribution is 0.669. The molecule has 0 unspecified atom stereocenters. The third-order valence-corrected chi connectivity index (χ3v) is 7.39. The Morgan fingerprint density at radius 2 is 1.30 bits per heavy atom. The molecule has 6 heteroatoms. The lowest BCUT2D eigenvalue weighted by Gasteiger charge is -2.10. The summed E-state index contributed by atoms with van der Waals surface area (Å²) in [7, 11) is 0. The number of fused-ring (bicyclic) bond motifs is 5. The van der Waals surface area contributed by atoms with Gasteiger partial charge in [0, 0.05) is 50.1 Å². The summed E-state index contributed by atoms with van der Waals surface area (Å²) in [6, 6.07) is 36.2. The fourth-order valence-electron chi connectivity index (χ4n) is 5.28. The number of nitrogens with zero attached hydrogens (tertiary/aromatic N) is 4. The quantitative estimate of drug-likeness (QED) is 0.226. The van der Waals surface area contributed by atoms with Crippen LogP contribution in [-0.4, -0.2) is 19.9 Å². The van der Waals surface area contributed by atoms with Crippen molar-refractivity contribution in [2.24, 2.45) is 0 Å². The number of aromatic nitrogens is 4. The van der Waals surface area contributed by atoms with Crippen LogP contribution in [0.3, 0.4) is 0 Å². The smallest absolute Gasteiger partial charge is 0.164 e. The monoisotopic (exact) mass is 534 g/mol. The van der Waals surface area contributed by atoms with E-state index in [1.54, 1.807) is 6.20 Å². The average Bonchev–Trinajstić information content (AvgIpc) is 3.36. The van der Waals surface area contributed by atoms with Crippen molar-refractivity contribution < 1.29 is 4.42 Å². The van der Waals surface area contributed by atoms with E-state index in [-0.39, 0.29) is 0 Å². The summed E-state index contributed by atoms with van der Waals surface area (Å²) in [6.07, 6.45) is 1.79. The molecule has 8 aromatic rings. The summed E-state index contributed by atoms with van der Waals surface area (Å²) in [5.41, 5.74) is 4.89. The van der Waals surface area contributed by atoms with E-state index in [1.807, 2.05) is 72.8 Å². The minimum Gasteiger partial charge on any atom is -0.456 e. The van der Waals surface area contributed by atoms with Crippen molar-refractivity contribution in [2.45, 2.75) is 0 Å². The minimum atomic E-state index is 0.522. The number of benzene rings is 5. The van der Waals surface area contributed by atoms with E-state index in [1.165, 1.54) is 0 Å². The topological polar surface area (TPSA) is 64.7 Å². The largest absolute Gasteiger partial charge is 0.456 e. The van der Waals surface area contributed by atoms with Crippen LogP contribution in [0.2, 0.25) is 5.02 Å². The maximum Gasteiger partial charge on any atom is 0.164 e. The molecule has 40 heavy (non-hydrogen) atoms. The zero-order valence-corrected chi connectivity index (χ0v) is 21.8. The molecule has 5 aromatic carbocycles. The zero-order chi connectivity index (χ0) is 26.6. The second kappa shape index (κ2) is 8.97. The standard InChI is InChI=1S/C34H19ClN4O/c35-25-17-27(31-26-19-28-23(11-6-14-36-28)16-29(26)40-30(31)18-25)34-38-32(21-8-2-1-3-9-21)37-33(39-34)24-13-12-20-7-4-5-10-22(20)15-24/h1-19H. The molecule has 0 bridgehead atoms. The van der Waals surface area contributed by atoms with Gasteiger partial charge >= 0.3 is 0 Å². The Morgan fingerprint density at radius 1 is 0.550 bits per heavy atom. The lowest BCUT2D eigenvalue weighted by Crippen LogP contribution is -2.00. The van der Waals surface area contributed by atoms with Gasteiger partial charge in [0.15, 0.2) is 17.5 Å². The van der Waals surface area contributed by atoms with Gasteiger partial charge in [-0.2, -0.15) is 0 Å². The third-order valence-electron chi connectivity index (χ3n) is 7.18. The van der Waals surface area contributed by atoms with Crippen LogP contribution in [0.1, 0.15) is 0 Å². The van der Waals surface area contributed by atoms with Gasteiger partial charge in [-0.05, 0) is 41.1 Å². The first-order chi connectivity index (χ1) is 19.7. The lowest BCUT2D eigenvalue weighted by atomic mass is 10.0. The average molecular weight is 535 g/mol. The first-order valence-electron chi connectivity index (χ1n) is 12.9. The Bertz CT molecular complexity index is 2240. The fraction of sp³-hybridized carbons (Fsp3) is 0. The first kappa shape index (κ1) is 22.8. The van der Waals surface area contributed by atoms with Gasteiger partial charge in [0.2, 0.25) is 0 Å². The van der Waals surface area contributed by atoms with Crippen molar-refractivity contribution in [3.8, 4) is 34.2 Å². The number of hydrogen-bond donors (Lipinski definition) is 0. The molecular weight excluding hydrogens is 516 g/mol. The highest BCUT2D eigenvalue weighted by atomic mass is 35.5. The number of halogens is 1. The SMILES string of the molecule is Clc1cc(-c2nc(-c3ccccc3)nc(-c3ccc4ccccc4c3)n2)c2c(c1)oc1cc3cccnc3cc12. The van der Waals surface area contributed by atoms with Crippen molar-refractivity contribution >= 4 is 55.2 Å². The van der Waals surface area contributed by atoms with Crippen LogP contribution in [0, 0.1) is 0 Å². The van der Waals surface area contributed by atoms with Crippen molar-refractivity contribution in [1.82, 2.24) is 19.9 Å². The predicted octanol–water partition coefficient (Wildman–Crippen LogP) is 9.13. The summed E-state index contributed by atoms with van der Waals surface area (Å²) in [5, 5.41) is 5.65. The molecule has 0 amide bonds. The molecule has 0 saturated carbocycles. The van der Waals surface area contributed by atoms with Crippen molar-refractivity contribution in [3.05, 3.63) is 120 Å². The van der Waals surface area contributed by atoms with E-state index in [0.717, 1.165) is 54.7 Å². The van der Waals surface area contributed by atoms with E-state index >= 15 is 0 Å². The number of rotatable bonds is 3. The van der Waals surface area contributed by atoms with Gasteiger partial charge in [-0.3, -0.25) is 4.98 Å². The van der Waals surface area contributed by atoms with Gasteiger partial charge in [0.05, 0.1) is 5.52 Å². The summed E-state index contributed by atoms with van der Waals surface area (Å²) < 4.78 is 6.30. The van der Waals surface area contributed by atoms with Crippen molar-refractivity contribution in [1.29, 1.82) is 0 Å². The highest BCUT2D eigenvalue weighted by molar-refractivity contribution is 6.32. The number of pyridine rings is 1. The second-order valence-corrected chi connectivity index (χ2v) is 10.1. The highest BCUT2D eigenvalue weighted by Gasteiger charge is 2.19. The first-order valence-corrected chi connectivity index (χ1v) is 13.3. The Labute approximate surface area is 233 Å². The molecule has 188 valence electrons.